The van der Waals surface area contributed by atoms with Crippen molar-refractivity contribution in [2.45, 2.75) is 83.7 Å². The molecule has 11 heteroatoms. The highest BCUT2D eigenvalue weighted by molar-refractivity contribution is 7.92. The lowest BCUT2D eigenvalue weighted by atomic mass is 9.80. The van der Waals surface area contributed by atoms with E-state index in [9.17, 15) is 22.8 Å². The third kappa shape index (κ3) is 5.09. The Balaban J connectivity index is 1.24. The summed E-state index contributed by atoms with van der Waals surface area (Å²) >= 11 is 0. The van der Waals surface area contributed by atoms with E-state index in [4.69, 9.17) is 4.99 Å². The molecule has 2 N–H and O–H groups in total. The molecule has 4 amide bonds. The first kappa shape index (κ1) is 28.5. The first-order valence-electron chi connectivity index (χ1n) is 14.2. The number of amides is 4. The van der Waals surface area contributed by atoms with Gasteiger partial charge in [-0.3, -0.25) is 24.8 Å². The van der Waals surface area contributed by atoms with Crippen molar-refractivity contribution in [2.75, 3.05) is 18.0 Å². The molecule has 0 aromatic heterocycles. The average molecular weight is 570 g/mol. The molecular weight excluding hydrogens is 530 g/mol. The van der Waals surface area contributed by atoms with E-state index < -0.39 is 27.1 Å². The molecule has 3 aliphatic heterocycles. The summed E-state index contributed by atoms with van der Waals surface area (Å²) in [5.74, 6) is 1.38. The highest BCUT2D eigenvalue weighted by Gasteiger charge is 2.48. The largest absolute Gasteiger partial charge is 0.329 e. The van der Waals surface area contributed by atoms with Gasteiger partial charge in [0.25, 0.3) is 11.8 Å². The lowest BCUT2D eigenvalue weighted by Gasteiger charge is -2.34. The molecule has 2 saturated heterocycles. The first-order chi connectivity index (χ1) is 18.9. The van der Waals surface area contributed by atoms with Crippen molar-refractivity contribution in [1.29, 1.82) is 0 Å². The molecule has 216 valence electrons. The number of benzene rings is 1. The molecule has 0 atom stereocenters. The molecule has 3 heterocycles. The lowest BCUT2D eigenvalue weighted by molar-refractivity contribution is -0.125. The van der Waals surface area contributed by atoms with E-state index in [1.807, 2.05) is 6.92 Å². The van der Waals surface area contributed by atoms with Gasteiger partial charge in [-0.25, -0.2) is 13.2 Å². The average Bonchev–Trinajstić information content (AvgIpc) is 3.33. The first-order valence-corrected chi connectivity index (χ1v) is 15.7. The maximum Gasteiger partial charge on any atom is 0.329 e. The summed E-state index contributed by atoms with van der Waals surface area (Å²) in [4.78, 5) is 43.7. The number of imide groups is 1. The summed E-state index contributed by atoms with van der Waals surface area (Å²) in [7, 11) is -3.71. The van der Waals surface area contributed by atoms with Gasteiger partial charge >= 0.3 is 6.03 Å². The lowest BCUT2D eigenvalue weighted by Crippen LogP contribution is -2.50. The van der Waals surface area contributed by atoms with E-state index in [1.165, 1.54) is 21.0 Å². The Hall–Kier alpha value is -3.05. The zero-order chi connectivity index (χ0) is 28.9. The quantitative estimate of drug-likeness (QED) is 0.505. The minimum atomic E-state index is -3.71. The third-order valence-electron chi connectivity index (χ3n) is 9.19. The van der Waals surface area contributed by atoms with Crippen molar-refractivity contribution in [3.05, 3.63) is 34.7 Å². The third-order valence-corrected chi connectivity index (χ3v) is 10.8. The summed E-state index contributed by atoms with van der Waals surface area (Å²) < 4.78 is 27.8. The van der Waals surface area contributed by atoms with E-state index in [-0.39, 0.29) is 30.8 Å². The van der Waals surface area contributed by atoms with E-state index >= 15 is 0 Å². The Kier molecular flexibility index (Phi) is 7.41. The fourth-order valence-corrected chi connectivity index (χ4v) is 7.54. The SMILES string of the molecule is CCC1CCC(C2=NC3(CCN(S(=O)(=O)C=Cc4ccc(N5C(=O)NC(=O)C5(C)C)cc4C)CC3)C(=O)N2)CC1. The summed E-state index contributed by atoms with van der Waals surface area (Å²) in [5, 5.41) is 6.56. The molecule has 10 nitrogen and oxygen atoms in total. The van der Waals surface area contributed by atoms with Crippen molar-refractivity contribution in [3.63, 3.8) is 0 Å². The molecule has 5 rings (SSSR count). The van der Waals surface area contributed by atoms with Crippen LogP contribution in [0.25, 0.3) is 6.08 Å². The van der Waals surface area contributed by atoms with Crippen molar-refractivity contribution in [3.8, 4) is 0 Å². The maximum absolute atomic E-state index is 13.2. The molecule has 3 fully saturated rings. The Morgan fingerprint density at radius 2 is 1.70 bits per heavy atom. The van der Waals surface area contributed by atoms with Gasteiger partial charge in [-0.1, -0.05) is 19.4 Å². The minimum absolute atomic E-state index is 0.0972. The van der Waals surface area contributed by atoms with Crippen LogP contribution in [-0.2, 0) is 19.6 Å². The zero-order valence-electron chi connectivity index (χ0n) is 23.7. The molecule has 0 radical (unpaired) electrons. The van der Waals surface area contributed by atoms with Crippen LogP contribution < -0.4 is 15.5 Å². The standard InChI is InChI=1S/C29H39N5O5S/c1-5-20-6-8-22(9-7-20)24-30-26(36)29(32-24)13-15-33(16-14-29)40(38,39)17-12-21-10-11-23(18-19(21)2)34-27(37)31-25(35)28(34,3)4/h10-12,17-18,20,22H,5-9,13-16H2,1-4H3,(H,30,32,36)(H,31,35,37). The Labute approximate surface area is 236 Å². The normalized spacial score (nSPS) is 26.9. The second-order valence-corrected chi connectivity index (χ2v) is 13.9. The van der Waals surface area contributed by atoms with Crippen LogP contribution in [0.3, 0.4) is 0 Å². The number of aryl methyl sites for hydroxylation is 1. The van der Waals surface area contributed by atoms with Gasteiger partial charge < -0.3 is 5.32 Å². The monoisotopic (exact) mass is 569 g/mol. The molecule has 1 aromatic carbocycles. The van der Waals surface area contributed by atoms with Gasteiger partial charge in [-0.2, -0.15) is 4.31 Å². The van der Waals surface area contributed by atoms with Crippen LogP contribution in [0.4, 0.5) is 10.5 Å². The van der Waals surface area contributed by atoms with Crippen LogP contribution in [0.15, 0.2) is 28.6 Å². The molecular formula is C29H39N5O5S. The van der Waals surface area contributed by atoms with Crippen molar-refractivity contribution < 1.29 is 22.8 Å². The maximum atomic E-state index is 13.2. The van der Waals surface area contributed by atoms with Crippen LogP contribution in [0, 0.1) is 18.8 Å². The predicted molar refractivity (Wildman–Crippen MR) is 154 cm³/mol. The smallest absolute Gasteiger partial charge is 0.312 e. The van der Waals surface area contributed by atoms with Crippen molar-refractivity contribution >= 4 is 45.5 Å². The summed E-state index contributed by atoms with van der Waals surface area (Å²) in [6.07, 6.45) is 7.87. The predicted octanol–water partition coefficient (Wildman–Crippen LogP) is 3.71. The molecule has 1 aromatic rings. The van der Waals surface area contributed by atoms with Gasteiger partial charge in [0.05, 0.1) is 0 Å². The van der Waals surface area contributed by atoms with Crippen LogP contribution in [-0.4, -0.2) is 60.6 Å². The summed E-state index contributed by atoms with van der Waals surface area (Å²) in [6, 6.07) is 4.72. The number of urea groups is 1. The van der Waals surface area contributed by atoms with Gasteiger partial charge in [0.15, 0.2) is 0 Å². The van der Waals surface area contributed by atoms with E-state index in [0.717, 1.165) is 43.0 Å². The highest BCUT2D eigenvalue weighted by Crippen LogP contribution is 2.37. The molecule has 4 aliphatic rings. The van der Waals surface area contributed by atoms with E-state index in [2.05, 4.69) is 17.6 Å². The van der Waals surface area contributed by atoms with Gasteiger partial charge in [-0.15, -0.1) is 0 Å². The number of hydrogen-bond acceptors (Lipinski definition) is 6. The molecule has 1 saturated carbocycles. The van der Waals surface area contributed by atoms with Crippen LogP contribution in [0.1, 0.15) is 76.8 Å². The number of carbonyl (C=O) groups excluding carboxylic acids is 3. The van der Waals surface area contributed by atoms with Gasteiger partial charge in [-0.05, 0) is 94.5 Å². The number of rotatable bonds is 6. The molecule has 0 bridgehead atoms. The molecule has 1 spiro atoms. The second-order valence-electron chi connectivity index (χ2n) is 12.0. The van der Waals surface area contributed by atoms with Crippen molar-refractivity contribution in [2.24, 2.45) is 16.8 Å². The number of nitrogens with one attached hydrogen (secondary N) is 2. The van der Waals surface area contributed by atoms with E-state index in [1.54, 1.807) is 38.1 Å². The van der Waals surface area contributed by atoms with Crippen molar-refractivity contribution in [1.82, 2.24) is 14.9 Å². The van der Waals surface area contributed by atoms with E-state index in [0.29, 0.717) is 24.1 Å². The Bertz CT molecular complexity index is 1380. The van der Waals surface area contributed by atoms with Gasteiger partial charge in [0.2, 0.25) is 10.0 Å². The number of carbonyl (C=O) groups is 3. The minimum Gasteiger partial charge on any atom is -0.312 e. The van der Waals surface area contributed by atoms with Crippen LogP contribution in [0.5, 0.6) is 0 Å². The van der Waals surface area contributed by atoms with Crippen LogP contribution in [0.2, 0.25) is 0 Å². The van der Waals surface area contributed by atoms with Gasteiger partial charge in [0, 0.05) is 30.1 Å². The molecule has 0 unspecified atom stereocenters. The van der Waals surface area contributed by atoms with Crippen LogP contribution >= 0.6 is 0 Å². The second kappa shape index (κ2) is 10.4. The molecule has 1 aliphatic carbocycles. The van der Waals surface area contributed by atoms with Gasteiger partial charge in [0.1, 0.15) is 16.9 Å². The summed E-state index contributed by atoms with van der Waals surface area (Å²) in [6.45, 7) is 7.85. The fourth-order valence-electron chi connectivity index (χ4n) is 6.36. The number of anilines is 1. The Morgan fingerprint density at radius 1 is 1.02 bits per heavy atom. The Morgan fingerprint density at radius 3 is 2.27 bits per heavy atom. The summed E-state index contributed by atoms with van der Waals surface area (Å²) in [5.41, 5.74) is 0.121. The highest BCUT2D eigenvalue weighted by atomic mass is 32.2. The topological polar surface area (TPSA) is 128 Å². The number of sulfonamides is 1. The fraction of sp³-hybridized carbons (Fsp3) is 0.586. The number of hydrogen-bond donors (Lipinski definition) is 2. The number of amidine groups is 1. The number of nitrogens with zero attached hydrogens (tertiary/aromatic N) is 3. The number of piperidine rings is 1. The zero-order valence-corrected chi connectivity index (χ0v) is 24.5. The molecule has 40 heavy (non-hydrogen) atoms. The number of aliphatic imine (C=N–C) groups is 1.